The predicted octanol–water partition coefficient (Wildman–Crippen LogP) is 2.54. The normalized spacial score (nSPS) is 17.8. The van der Waals surface area contributed by atoms with Gasteiger partial charge in [-0.25, -0.2) is 0 Å². The summed E-state index contributed by atoms with van der Waals surface area (Å²) in [4.78, 5) is 42.0. The number of nitrogens with zero attached hydrogens (tertiary/aromatic N) is 1. The number of hydrogen-bond acceptors (Lipinski definition) is 4. The Morgan fingerprint density at radius 3 is 2.39 bits per heavy atom. The van der Waals surface area contributed by atoms with Crippen LogP contribution in [0.3, 0.4) is 0 Å². The average molecular weight is 380 g/mol. The lowest BCUT2D eigenvalue weighted by molar-refractivity contribution is -0.122. The zero-order valence-corrected chi connectivity index (χ0v) is 16.0. The molecule has 0 unspecified atom stereocenters. The number of hydrogen-bond donors (Lipinski definition) is 3. The molecule has 0 saturated carbocycles. The quantitative estimate of drug-likeness (QED) is 0.746. The zero-order valence-electron chi connectivity index (χ0n) is 16.0. The fraction of sp³-hybridized carbons (Fsp3) is 0.381. The van der Waals surface area contributed by atoms with Crippen molar-refractivity contribution in [3.05, 3.63) is 58.0 Å². The fourth-order valence-electron chi connectivity index (χ4n) is 4.00. The zero-order chi connectivity index (χ0) is 19.9. The molecule has 146 valence electrons. The lowest BCUT2D eigenvalue weighted by Crippen LogP contribution is -2.59. The van der Waals surface area contributed by atoms with Crippen LogP contribution in [0.25, 0.3) is 0 Å². The highest BCUT2D eigenvalue weighted by molar-refractivity contribution is 6.06. The first-order valence-electron chi connectivity index (χ1n) is 9.61. The number of carbonyl (C=O) groups excluding carboxylic acids is 2. The molecule has 1 spiro atoms. The number of carbonyl (C=O) groups is 2. The SMILES string of the molecule is CC(C)c1[nH]c(=O)ccc1C(=O)N1CCC2(CC1)Nc1ccccc1NC2=O. The van der Waals surface area contributed by atoms with E-state index in [1.807, 2.05) is 38.1 Å². The summed E-state index contributed by atoms with van der Waals surface area (Å²) in [5.41, 5.74) is 1.96. The van der Waals surface area contributed by atoms with Gasteiger partial charge in [-0.2, -0.15) is 0 Å². The Morgan fingerprint density at radius 1 is 1.04 bits per heavy atom. The van der Waals surface area contributed by atoms with Crippen LogP contribution in [-0.4, -0.2) is 40.3 Å². The number of rotatable bonds is 2. The molecule has 2 aromatic rings. The molecule has 7 heteroatoms. The summed E-state index contributed by atoms with van der Waals surface area (Å²) in [5.74, 6) is -0.122. The first-order valence-corrected chi connectivity index (χ1v) is 9.61. The molecule has 3 heterocycles. The average Bonchev–Trinajstić information content (AvgIpc) is 2.69. The third-order valence-electron chi connectivity index (χ3n) is 5.65. The number of likely N-dealkylation sites (tertiary alicyclic amines) is 1. The van der Waals surface area contributed by atoms with Gasteiger partial charge in [-0.15, -0.1) is 0 Å². The predicted molar refractivity (Wildman–Crippen MR) is 108 cm³/mol. The van der Waals surface area contributed by atoms with Gasteiger partial charge >= 0.3 is 0 Å². The van der Waals surface area contributed by atoms with Gasteiger partial charge in [-0.1, -0.05) is 26.0 Å². The third kappa shape index (κ3) is 3.06. The molecular formula is C21H24N4O3. The molecule has 2 aliphatic heterocycles. The molecule has 1 fully saturated rings. The molecule has 7 nitrogen and oxygen atoms in total. The minimum Gasteiger partial charge on any atom is -0.369 e. The van der Waals surface area contributed by atoms with E-state index in [1.165, 1.54) is 6.07 Å². The Bertz CT molecular complexity index is 987. The van der Waals surface area contributed by atoms with Gasteiger partial charge in [-0.05, 0) is 37.0 Å². The maximum absolute atomic E-state index is 13.1. The van der Waals surface area contributed by atoms with E-state index in [-0.39, 0.29) is 23.3 Å². The smallest absolute Gasteiger partial charge is 0.255 e. The highest BCUT2D eigenvalue weighted by Gasteiger charge is 2.45. The summed E-state index contributed by atoms with van der Waals surface area (Å²) >= 11 is 0. The van der Waals surface area contributed by atoms with Crippen molar-refractivity contribution in [2.75, 3.05) is 23.7 Å². The largest absolute Gasteiger partial charge is 0.369 e. The van der Waals surface area contributed by atoms with E-state index < -0.39 is 5.54 Å². The van der Waals surface area contributed by atoms with Crippen LogP contribution in [0.1, 0.15) is 48.7 Å². The summed E-state index contributed by atoms with van der Waals surface area (Å²) < 4.78 is 0. The van der Waals surface area contributed by atoms with Crippen LogP contribution in [0.15, 0.2) is 41.2 Å². The van der Waals surface area contributed by atoms with Crippen LogP contribution in [0.5, 0.6) is 0 Å². The van der Waals surface area contributed by atoms with Crippen molar-refractivity contribution in [3.63, 3.8) is 0 Å². The molecular weight excluding hydrogens is 356 g/mol. The van der Waals surface area contributed by atoms with Crippen LogP contribution < -0.4 is 16.2 Å². The van der Waals surface area contributed by atoms with Gasteiger partial charge in [-0.3, -0.25) is 14.4 Å². The minimum absolute atomic E-state index is 0.0336. The van der Waals surface area contributed by atoms with Gasteiger partial charge in [0.25, 0.3) is 5.91 Å². The van der Waals surface area contributed by atoms with Crippen LogP contribution in [-0.2, 0) is 4.79 Å². The van der Waals surface area contributed by atoms with E-state index in [1.54, 1.807) is 11.0 Å². The molecule has 3 N–H and O–H groups in total. The number of benzene rings is 1. The van der Waals surface area contributed by atoms with Crippen LogP contribution >= 0.6 is 0 Å². The standard InChI is InChI=1S/C21H24N4O3/c1-13(2)18-14(7-8-17(26)23-18)19(27)25-11-9-21(10-12-25)20(28)22-15-5-3-4-6-16(15)24-21/h3-8,13,24H,9-12H2,1-2H3,(H,22,28)(H,23,26). The second kappa shape index (κ2) is 6.82. The van der Waals surface area contributed by atoms with Crippen LogP contribution in [0, 0.1) is 0 Å². The fourth-order valence-corrected chi connectivity index (χ4v) is 4.00. The molecule has 1 aromatic heterocycles. The lowest BCUT2D eigenvalue weighted by Gasteiger charge is -2.44. The van der Waals surface area contributed by atoms with Crippen LogP contribution in [0.2, 0.25) is 0 Å². The van der Waals surface area contributed by atoms with Crippen molar-refractivity contribution >= 4 is 23.2 Å². The number of aromatic amines is 1. The summed E-state index contributed by atoms with van der Waals surface area (Å²) in [6, 6.07) is 10.6. The number of amides is 2. The summed E-state index contributed by atoms with van der Waals surface area (Å²) in [6.45, 7) is 4.83. The third-order valence-corrected chi connectivity index (χ3v) is 5.65. The molecule has 2 aliphatic rings. The van der Waals surface area contributed by atoms with Crippen molar-refractivity contribution in [2.24, 2.45) is 0 Å². The first kappa shape index (κ1) is 18.3. The van der Waals surface area contributed by atoms with E-state index >= 15 is 0 Å². The molecule has 0 aliphatic carbocycles. The number of aromatic nitrogens is 1. The van der Waals surface area contributed by atoms with Gasteiger partial charge in [0.15, 0.2) is 0 Å². The second-order valence-electron chi connectivity index (χ2n) is 7.80. The molecule has 2 amide bonds. The Morgan fingerprint density at radius 2 is 1.71 bits per heavy atom. The van der Waals surface area contributed by atoms with E-state index in [9.17, 15) is 14.4 Å². The van der Waals surface area contributed by atoms with Crippen molar-refractivity contribution < 1.29 is 9.59 Å². The summed E-state index contributed by atoms with van der Waals surface area (Å²) in [5, 5.41) is 6.38. The Labute approximate surface area is 163 Å². The molecule has 28 heavy (non-hydrogen) atoms. The first-order chi connectivity index (χ1) is 13.4. The molecule has 1 aromatic carbocycles. The summed E-state index contributed by atoms with van der Waals surface area (Å²) in [7, 11) is 0. The molecule has 0 atom stereocenters. The highest BCUT2D eigenvalue weighted by Crippen LogP contribution is 2.36. The van der Waals surface area contributed by atoms with Gasteiger partial charge in [0.2, 0.25) is 11.5 Å². The Kier molecular flexibility index (Phi) is 4.45. The van der Waals surface area contributed by atoms with Gasteiger partial charge < -0.3 is 20.5 Å². The van der Waals surface area contributed by atoms with E-state index in [0.717, 1.165) is 11.4 Å². The molecule has 1 saturated heterocycles. The Balaban J connectivity index is 1.53. The monoisotopic (exact) mass is 380 g/mol. The van der Waals surface area contributed by atoms with E-state index in [4.69, 9.17) is 0 Å². The molecule has 0 radical (unpaired) electrons. The topological polar surface area (TPSA) is 94.3 Å². The van der Waals surface area contributed by atoms with E-state index in [2.05, 4.69) is 15.6 Å². The Hall–Kier alpha value is -3.09. The van der Waals surface area contributed by atoms with E-state index in [0.29, 0.717) is 37.2 Å². The van der Waals surface area contributed by atoms with Gasteiger partial charge in [0.1, 0.15) is 5.54 Å². The maximum Gasteiger partial charge on any atom is 0.255 e. The number of piperidine rings is 1. The minimum atomic E-state index is -0.697. The van der Waals surface area contributed by atoms with Crippen molar-refractivity contribution in [2.45, 2.75) is 38.1 Å². The van der Waals surface area contributed by atoms with Gasteiger partial charge in [0, 0.05) is 24.8 Å². The van der Waals surface area contributed by atoms with Crippen molar-refractivity contribution in [1.82, 2.24) is 9.88 Å². The second-order valence-corrected chi connectivity index (χ2v) is 7.80. The highest BCUT2D eigenvalue weighted by atomic mass is 16.2. The number of para-hydroxylation sites is 2. The number of pyridine rings is 1. The molecule has 4 rings (SSSR count). The number of fused-ring (bicyclic) bond motifs is 1. The van der Waals surface area contributed by atoms with Crippen molar-refractivity contribution in [3.8, 4) is 0 Å². The number of anilines is 2. The van der Waals surface area contributed by atoms with Gasteiger partial charge in [0.05, 0.1) is 16.9 Å². The summed E-state index contributed by atoms with van der Waals surface area (Å²) in [6.07, 6.45) is 1.05. The van der Waals surface area contributed by atoms with Crippen molar-refractivity contribution in [1.29, 1.82) is 0 Å². The number of H-pyrrole nitrogens is 1. The maximum atomic E-state index is 13.1. The number of nitrogens with one attached hydrogen (secondary N) is 3. The lowest BCUT2D eigenvalue weighted by atomic mass is 9.84. The van der Waals surface area contributed by atoms with Crippen LogP contribution in [0.4, 0.5) is 11.4 Å². The molecule has 0 bridgehead atoms.